The van der Waals surface area contributed by atoms with Crippen LogP contribution >= 0.6 is 0 Å². The molecule has 5 heteroatoms. The fraction of sp³-hybridized carbons (Fsp3) is 0.214. The van der Waals surface area contributed by atoms with E-state index in [2.05, 4.69) is 10.3 Å². The molecule has 0 fully saturated rings. The quantitative estimate of drug-likeness (QED) is 0.842. The molecule has 0 spiro atoms. The summed E-state index contributed by atoms with van der Waals surface area (Å²) in [5.41, 5.74) is 0.923. The Kier molecular flexibility index (Phi) is 4.28. The molecular formula is C14H14F2N2O. The molecule has 0 aliphatic rings. The topological polar surface area (TPSA) is 34.1 Å². The van der Waals surface area contributed by atoms with Crippen LogP contribution in [0.25, 0.3) is 0 Å². The van der Waals surface area contributed by atoms with Gasteiger partial charge in [-0.1, -0.05) is 6.07 Å². The van der Waals surface area contributed by atoms with Crippen LogP contribution in [-0.4, -0.2) is 18.1 Å². The van der Waals surface area contributed by atoms with Crippen molar-refractivity contribution in [3.8, 4) is 5.75 Å². The van der Waals surface area contributed by atoms with Crippen LogP contribution in [0.15, 0.2) is 36.4 Å². The summed E-state index contributed by atoms with van der Waals surface area (Å²) < 4.78 is 30.9. The highest BCUT2D eigenvalue weighted by Gasteiger charge is 2.02. The fourth-order valence-corrected chi connectivity index (χ4v) is 1.56. The first kappa shape index (κ1) is 13.3. The molecule has 1 heterocycles. The molecule has 0 atom stereocenters. The van der Waals surface area contributed by atoms with Crippen molar-refractivity contribution in [1.82, 2.24) is 4.98 Å². The molecule has 0 bridgehead atoms. The molecule has 0 amide bonds. The van der Waals surface area contributed by atoms with Crippen molar-refractivity contribution in [1.29, 1.82) is 0 Å². The van der Waals surface area contributed by atoms with Crippen molar-refractivity contribution in [2.75, 3.05) is 18.5 Å². The maximum absolute atomic E-state index is 12.9. The standard InChI is InChI=1S/C14H14F2N2O/c1-10-3-2-4-14(18-10)17-7-8-19-11-5-6-12(15)13(16)9-11/h2-6,9H,7-8H2,1H3,(H,17,18). The number of halogens is 2. The third-order valence-corrected chi connectivity index (χ3v) is 2.46. The minimum Gasteiger partial charge on any atom is -0.492 e. The number of benzene rings is 1. The molecule has 0 radical (unpaired) electrons. The number of pyridine rings is 1. The third kappa shape index (κ3) is 3.91. The molecule has 2 aromatic rings. The summed E-state index contributed by atoms with van der Waals surface area (Å²) >= 11 is 0. The predicted octanol–water partition coefficient (Wildman–Crippen LogP) is 3.16. The number of aryl methyl sites for hydroxylation is 1. The van der Waals surface area contributed by atoms with Crippen molar-refractivity contribution in [2.45, 2.75) is 6.92 Å². The van der Waals surface area contributed by atoms with E-state index in [9.17, 15) is 8.78 Å². The zero-order chi connectivity index (χ0) is 13.7. The zero-order valence-electron chi connectivity index (χ0n) is 10.5. The number of aromatic nitrogens is 1. The lowest BCUT2D eigenvalue weighted by atomic mass is 10.3. The third-order valence-electron chi connectivity index (χ3n) is 2.46. The minimum atomic E-state index is -0.911. The number of rotatable bonds is 5. The van der Waals surface area contributed by atoms with Gasteiger partial charge in [0, 0.05) is 11.8 Å². The second-order valence-corrected chi connectivity index (χ2v) is 4.02. The molecule has 0 saturated heterocycles. The van der Waals surface area contributed by atoms with Crippen LogP contribution in [0.5, 0.6) is 5.75 Å². The summed E-state index contributed by atoms with van der Waals surface area (Å²) in [7, 11) is 0. The van der Waals surface area contributed by atoms with Gasteiger partial charge in [0.25, 0.3) is 0 Å². The van der Waals surface area contributed by atoms with Gasteiger partial charge in [-0.25, -0.2) is 13.8 Å². The van der Waals surface area contributed by atoms with Gasteiger partial charge in [0.1, 0.15) is 18.2 Å². The Labute approximate surface area is 110 Å². The van der Waals surface area contributed by atoms with Crippen LogP contribution in [-0.2, 0) is 0 Å². The molecule has 0 saturated carbocycles. The van der Waals surface area contributed by atoms with Gasteiger partial charge in [-0.15, -0.1) is 0 Å². The van der Waals surface area contributed by atoms with Gasteiger partial charge in [-0.05, 0) is 31.2 Å². The molecule has 1 N–H and O–H groups in total. The Hall–Kier alpha value is -2.17. The van der Waals surface area contributed by atoms with Gasteiger partial charge >= 0.3 is 0 Å². The van der Waals surface area contributed by atoms with Crippen LogP contribution in [0.2, 0.25) is 0 Å². The summed E-state index contributed by atoms with van der Waals surface area (Å²) in [5.74, 6) is -0.730. The van der Waals surface area contributed by atoms with E-state index in [0.29, 0.717) is 18.9 Å². The Morgan fingerprint density at radius 2 is 2.00 bits per heavy atom. The average molecular weight is 264 g/mol. The Morgan fingerprint density at radius 1 is 1.16 bits per heavy atom. The Balaban J connectivity index is 1.79. The molecular weight excluding hydrogens is 250 g/mol. The summed E-state index contributed by atoms with van der Waals surface area (Å²) in [6.07, 6.45) is 0. The van der Waals surface area contributed by atoms with Gasteiger partial charge < -0.3 is 10.1 Å². The van der Waals surface area contributed by atoms with E-state index in [1.54, 1.807) is 0 Å². The number of nitrogens with zero attached hydrogens (tertiary/aromatic N) is 1. The molecule has 0 aliphatic carbocycles. The molecule has 0 aliphatic heterocycles. The normalized spacial score (nSPS) is 10.3. The largest absolute Gasteiger partial charge is 0.492 e. The van der Waals surface area contributed by atoms with E-state index in [-0.39, 0.29) is 0 Å². The number of anilines is 1. The zero-order valence-corrected chi connectivity index (χ0v) is 10.5. The van der Waals surface area contributed by atoms with Crippen molar-refractivity contribution >= 4 is 5.82 Å². The van der Waals surface area contributed by atoms with Crippen LogP contribution in [0, 0.1) is 18.6 Å². The number of hydrogen-bond donors (Lipinski definition) is 1. The first-order chi connectivity index (χ1) is 9.15. The highest BCUT2D eigenvalue weighted by Crippen LogP contribution is 2.15. The van der Waals surface area contributed by atoms with E-state index < -0.39 is 11.6 Å². The maximum atomic E-state index is 12.9. The van der Waals surface area contributed by atoms with E-state index in [4.69, 9.17) is 4.74 Å². The fourth-order valence-electron chi connectivity index (χ4n) is 1.56. The van der Waals surface area contributed by atoms with Crippen LogP contribution in [0.3, 0.4) is 0 Å². The first-order valence-electron chi connectivity index (χ1n) is 5.90. The van der Waals surface area contributed by atoms with E-state index in [1.807, 2.05) is 25.1 Å². The van der Waals surface area contributed by atoms with Crippen molar-refractivity contribution in [2.24, 2.45) is 0 Å². The molecule has 1 aromatic carbocycles. The molecule has 0 unspecified atom stereocenters. The highest BCUT2D eigenvalue weighted by molar-refractivity contribution is 5.35. The summed E-state index contributed by atoms with van der Waals surface area (Å²) in [6, 6.07) is 9.12. The van der Waals surface area contributed by atoms with E-state index >= 15 is 0 Å². The van der Waals surface area contributed by atoms with Gasteiger partial charge in [-0.3, -0.25) is 0 Å². The summed E-state index contributed by atoms with van der Waals surface area (Å²) in [4.78, 5) is 4.27. The number of nitrogens with one attached hydrogen (secondary N) is 1. The average Bonchev–Trinajstić information content (AvgIpc) is 2.39. The van der Waals surface area contributed by atoms with Gasteiger partial charge in [0.2, 0.25) is 0 Å². The second kappa shape index (κ2) is 6.13. The smallest absolute Gasteiger partial charge is 0.162 e. The SMILES string of the molecule is Cc1cccc(NCCOc2ccc(F)c(F)c2)n1. The monoisotopic (exact) mass is 264 g/mol. The second-order valence-electron chi connectivity index (χ2n) is 4.02. The predicted molar refractivity (Wildman–Crippen MR) is 69.3 cm³/mol. The van der Waals surface area contributed by atoms with Gasteiger partial charge in [0.15, 0.2) is 11.6 Å². The van der Waals surface area contributed by atoms with E-state index in [1.165, 1.54) is 6.07 Å². The van der Waals surface area contributed by atoms with E-state index in [0.717, 1.165) is 23.6 Å². The highest BCUT2D eigenvalue weighted by atomic mass is 19.2. The summed E-state index contributed by atoms with van der Waals surface area (Å²) in [5, 5.41) is 3.08. The van der Waals surface area contributed by atoms with Gasteiger partial charge in [-0.2, -0.15) is 0 Å². The molecule has 19 heavy (non-hydrogen) atoms. The van der Waals surface area contributed by atoms with Crippen LogP contribution in [0.4, 0.5) is 14.6 Å². The molecule has 3 nitrogen and oxygen atoms in total. The van der Waals surface area contributed by atoms with Crippen molar-refractivity contribution in [3.63, 3.8) is 0 Å². The van der Waals surface area contributed by atoms with Crippen LogP contribution in [0.1, 0.15) is 5.69 Å². The summed E-state index contributed by atoms with van der Waals surface area (Å²) in [6.45, 7) is 2.76. The Bertz CT molecular complexity index is 561. The number of hydrogen-bond acceptors (Lipinski definition) is 3. The first-order valence-corrected chi connectivity index (χ1v) is 5.90. The van der Waals surface area contributed by atoms with Crippen LogP contribution < -0.4 is 10.1 Å². The van der Waals surface area contributed by atoms with Crippen molar-refractivity contribution < 1.29 is 13.5 Å². The number of ether oxygens (including phenoxy) is 1. The molecule has 2 rings (SSSR count). The minimum absolute atomic E-state index is 0.304. The Morgan fingerprint density at radius 3 is 2.74 bits per heavy atom. The van der Waals surface area contributed by atoms with Crippen molar-refractivity contribution in [3.05, 3.63) is 53.7 Å². The lowest BCUT2D eigenvalue weighted by Gasteiger charge is -2.08. The lowest BCUT2D eigenvalue weighted by molar-refractivity contribution is 0.329. The van der Waals surface area contributed by atoms with Gasteiger partial charge in [0.05, 0.1) is 6.54 Å². The molecule has 100 valence electrons. The lowest BCUT2D eigenvalue weighted by Crippen LogP contribution is -2.12. The maximum Gasteiger partial charge on any atom is 0.162 e. The molecule has 1 aromatic heterocycles.